The van der Waals surface area contributed by atoms with Gasteiger partial charge in [-0.25, -0.2) is 0 Å². The molecular formula is C18H28F3N5O3. The average molecular weight is 419 g/mol. The lowest BCUT2D eigenvalue weighted by Crippen LogP contribution is -2.38. The number of primary amides is 1. The van der Waals surface area contributed by atoms with E-state index in [1.54, 1.807) is 0 Å². The normalized spacial score (nSPS) is 16.9. The summed E-state index contributed by atoms with van der Waals surface area (Å²) in [6, 6.07) is -0.489. The van der Waals surface area contributed by atoms with Crippen molar-refractivity contribution in [2.75, 3.05) is 20.2 Å². The molecule has 0 aliphatic carbocycles. The van der Waals surface area contributed by atoms with E-state index in [0.717, 1.165) is 6.08 Å². The van der Waals surface area contributed by atoms with Crippen LogP contribution in [-0.2, 0) is 14.3 Å². The van der Waals surface area contributed by atoms with Crippen LogP contribution in [0.3, 0.4) is 0 Å². The Labute approximate surface area is 168 Å². The minimum absolute atomic E-state index is 0.0575. The molecule has 0 aromatic carbocycles. The summed E-state index contributed by atoms with van der Waals surface area (Å²) in [5, 5.41) is 0. The fraction of sp³-hybridized carbons (Fsp3) is 0.500. The largest absolute Gasteiger partial charge is 0.522 e. The van der Waals surface area contributed by atoms with Crippen LogP contribution in [0.15, 0.2) is 28.9 Å². The van der Waals surface area contributed by atoms with E-state index in [1.165, 1.54) is 11.9 Å². The second-order valence-electron chi connectivity index (χ2n) is 5.19. The molecule has 6 N–H and O–H groups in total. The van der Waals surface area contributed by atoms with Gasteiger partial charge in [0, 0.05) is 13.6 Å². The minimum Gasteiger partial charge on any atom is -0.391 e. The van der Waals surface area contributed by atoms with E-state index < -0.39 is 24.9 Å². The molecule has 2 amide bonds. The van der Waals surface area contributed by atoms with Crippen LogP contribution in [0.2, 0.25) is 0 Å². The van der Waals surface area contributed by atoms with Crippen molar-refractivity contribution in [1.82, 2.24) is 4.90 Å². The van der Waals surface area contributed by atoms with Gasteiger partial charge in [0.25, 0.3) is 5.91 Å². The van der Waals surface area contributed by atoms with Crippen molar-refractivity contribution in [2.45, 2.75) is 39.1 Å². The quantitative estimate of drug-likeness (QED) is 0.265. The highest BCUT2D eigenvalue weighted by Crippen LogP contribution is 2.22. The molecule has 0 spiro atoms. The highest BCUT2D eigenvalue weighted by molar-refractivity contribution is 6.20. The molecule has 0 radical (unpaired) electrons. The van der Waals surface area contributed by atoms with Gasteiger partial charge in [0.1, 0.15) is 11.4 Å². The number of hydrogen-bond acceptors (Lipinski definition) is 5. The SMILES string of the molecule is C#C/C(N)=C(\C(N)=O)C(N)=NC.C=CC(=O)N1CCCC1COC(F)(F)F.CC. The van der Waals surface area contributed by atoms with Crippen molar-refractivity contribution < 1.29 is 27.5 Å². The van der Waals surface area contributed by atoms with Gasteiger partial charge in [-0.05, 0) is 18.9 Å². The van der Waals surface area contributed by atoms with Crippen molar-refractivity contribution in [2.24, 2.45) is 22.2 Å². The predicted molar refractivity (Wildman–Crippen MR) is 105 cm³/mol. The van der Waals surface area contributed by atoms with E-state index in [-0.39, 0.29) is 23.0 Å². The number of amides is 2. The number of ether oxygens (including phenoxy) is 1. The molecule has 1 saturated heterocycles. The topological polar surface area (TPSA) is 137 Å². The van der Waals surface area contributed by atoms with Gasteiger partial charge in [-0.3, -0.25) is 19.3 Å². The molecule has 1 unspecified atom stereocenters. The number of carbonyl (C=O) groups excluding carboxylic acids is 2. The Hall–Kier alpha value is -3.00. The molecule has 8 nitrogen and oxygen atoms in total. The molecular weight excluding hydrogens is 391 g/mol. The Balaban J connectivity index is 0. The summed E-state index contributed by atoms with van der Waals surface area (Å²) in [6.07, 6.45) is 2.66. The van der Waals surface area contributed by atoms with Gasteiger partial charge in [-0.15, -0.1) is 19.6 Å². The first-order valence-corrected chi connectivity index (χ1v) is 8.60. The molecule has 0 saturated carbocycles. The molecule has 1 aliphatic heterocycles. The number of halogens is 3. The fourth-order valence-corrected chi connectivity index (χ4v) is 2.19. The maximum atomic E-state index is 11.8. The maximum Gasteiger partial charge on any atom is 0.522 e. The number of amidine groups is 1. The van der Waals surface area contributed by atoms with Crippen LogP contribution in [-0.4, -0.2) is 55.2 Å². The zero-order chi connectivity index (χ0) is 23.2. The number of hydrogen-bond donors (Lipinski definition) is 3. The van der Waals surface area contributed by atoms with E-state index in [1.807, 2.05) is 13.8 Å². The summed E-state index contributed by atoms with van der Waals surface area (Å²) in [4.78, 5) is 26.8. The maximum absolute atomic E-state index is 11.8. The first kappa shape index (κ1) is 28.2. The number of alkyl halides is 3. The smallest absolute Gasteiger partial charge is 0.391 e. The molecule has 0 bridgehead atoms. The van der Waals surface area contributed by atoms with Gasteiger partial charge in [0.05, 0.1) is 18.3 Å². The van der Waals surface area contributed by atoms with Crippen LogP contribution >= 0.6 is 0 Å². The van der Waals surface area contributed by atoms with Crippen molar-refractivity contribution in [3.05, 3.63) is 23.9 Å². The van der Waals surface area contributed by atoms with Crippen molar-refractivity contribution in [3.8, 4) is 12.3 Å². The van der Waals surface area contributed by atoms with E-state index in [4.69, 9.17) is 23.6 Å². The van der Waals surface area contributed by atoms with Crippen molar-refractivity contribution >= 4 is 17.6 Å². The predicted octanol–water partition coefficient (Wildman–Crippen LogP) is 1.03. The first-order chi connectivity index (χ1) is 13.5. The van der Waals surface area contributed by atoms with Crippen LogP contribution in [0, 0.1) is 12.3 Å². The Morgan fingerprint density at radius 3 is 2.28 bits per heavy atom. The summed E-state index contributed by atoms with van der Waals surface area (Å²) in [5.41, 5.74) is 15.3. The van der Waals surface area contributed by atoms with E-state index in [2.05, 4.69) is 22.2 Å². The Morgan fingerprint density at radius 2 is 1.90 bits per heavy atom. The van der Waals surface area contributed by atoms with Crippen LogP contribution in [0.25, 0.3) is 0 Å². The number of allylic oxidation sites excluding steroid dienone is 1. The number of rotatable bonds is 5. The number of terminal acetylenes is 1. The highest BCUT2D eigenvalue weighted by atomic mass is 19.4. The molecule has 29 heavy (non-hydrogen) atoms. The second-order valence-corrected chi connectivity index (χ2v) is 5.19. The molecule has 1 rings (SSSR count). The molecule has 1 aliphatic rings. The molecule has 1 fully saturated rings. The second kappa shape index (κ2) is 14.1. The molecule has 1 heterocycles. The van der Waals surface area contributed by atoms with E-state index >= 15 is 0 Å². The van der Waals surface area contributed by atoms with Crippen LogP contribution in [0.4, 0.5) is 13.2 Å². The van der Waals surface area contributed by atoms with Gasteiger partial charge in [0.2, 0.25) is 5.91 Å². The number of nitrogens with two attached hydrogens (primary N) is 3. The Kier molecular flexibility index (Phi) is 13.7. The zero-order valence-electron chi connectivity index (χ0n) is 16.8. The standard InChI is InChI=1S/C9H12F3NO2.C7H10N4O.C2H6/c1-2-8(14)13-5-3-4-7(13)6-15-9(10,11)12;1-3-4(8)5(7(10)12)6(9)11-2;1-2/h2,7H,1,3-6H2;1H,8H2,2H3,(H2,9,11)(H2,10,12);1-2H3/b;5-4+;. The molecule has 0 aromatic heterocycles. The van der Waals surface area contributed by atoms with E-state index in [9.17, 15) is 22.8 Å². The van der Waals surface area contributed by atoms with Gasteiger partial charge < -0.3 is 22.1 Å². The monoisotopic (exact) mass is 419 g/mol. The summed E-state index contributed by atoms with van der Waals surface area (Å²) in [7, 11) is 1.40. The lowest BCUT2D eigenvalue weighted by molar-refractivity contribution is -0.327. The summed E-state index contributed by atoms with van der Waals surface area (Å²) in [6.45, 7) is 7.27. The van der Waals surface area contributed by atoms with Crippen LogP contribution in [0.1, 0.15) is 26.7 Å². The van der Waals surface area contributed by atoms with Crippen LogP contribution in [0.5, 0.6) is 0 Å². The third-order valence-electron chi connectivity index (χ3n) is 3.44. The first-order valence-electron chi connectivity index (χ1n) is 8.60. The highest BCUT2D eigenvalue weighted by Gasteiger charge is 2.34. The van der Waals surface area contributed by atoms with Crippen LogP contribution < -0.4 is 17.2 Å². The number of aliphatic imine (C=N–C) groups is 1. The van der Waals surface area contributed by atoms with Crippen molar-refractivity contribution in [1.29, 1.82) is 0 Å². The number of nitrogens with zero attached hydrogens (tertiary/aromatic N) is 2. The minimum atomic E-state index is -4.63. The lowest BCUT2D eigenvalue weighted by Gasteiger charge is -2.23. The molecule has 1 atom stereocenters. The Bertz CT molecular complexity index is 667. The molecule has 11 heteroatoms. The molecule has 164 valence electrons. The summed E-state index contributed by atoms with van der Waals surface area (Å²) in [5.74, 6) is 0.872. The van der Waals surface area contributed by atoms with E-state index in [0.29, 0.717) is 19.4 Å². The lowest BCUT2D eigenvalue weighted by atomic mass is 10.2. The summed E-state index contributed by atoms with van der Waals surface area (Å²) < 4.78 is 39.0. The fourth-order valence-electron chi connectivity index (χ4n) is 2.19. The van der Waals surface area contributed by atoms with Gasteiger partial charge >= 0.3 is 6.36 Å². The number of carbonyl (C=O) groups is 2. The van der Waals surface area contributed by atoms with Gasteiger partial charge in [-0.2, -0.15) is 0 Å². The van der Waals surface area contributed by atoms with Gasteiger partial charge in [-0.1, -0.05) is 26.3 Å². The number of likely N-dealkylation sites (tertiary alicyclic amines) is 1. The van der Waals surface area contributed by atoms with Gasteiger partial charge in [0.15, 0.2) is 0 Å². The third kappa shape index (κ3) is 10.8. The third-order valence-corrected chi connectivity index (χ3v) is 3.44. The summed E-state index contributed by atoms with van der Waals surface area (Å²) >= 11 is 0. The zero-order valence-corrected chi connectivity index (χ0v) is 16.8. The Morgan fingerprint density at radius 1 is 1.34 bits per heavy atom. The average Bonchev–Trinajstić information content (AvgIpc) is 3.15. The van der Waals surface area contributed by atoms with Crippen molar-refractivity contribution in [3.63, 3.8) is 0 Å². The molecule has 0 aromatic rings.